The first-order valence-electron chi connectivity index (χ1n) is 5.20. The molecule has 0 radical (unpaired) electrons. The molecule has 0 spiro atoms. The smallest absolute Gasteiger partial charge is 0.168 e. The second kappa shape index (κ2) is 4.13. The topological polar surface area (TPSA) is 17.1 Å². The molecular weight excluding hydrogens is 191 g/mol. The van der Waals surface area contributed by atoms with Crippen molar-refractivity contribution in [3.63, 3.8) is 0 Å². The van der Waals surface area contributed by atoms with Gasteiger partial charge < -0.3 is 0 Å². The molecular formula is C13H17FO. The van der Waals surface area contributed by atoms with Crippen molar-refractivity contribution < 1.29 is 9.18 Å². The minimum Gasteiger partial charge on any atom is -0.294 e. The number of carbonyl (C=O) groups is 1. The van der Waals surface area contributed by atoms with Crippen LogP contribution in [0.4, 0.5) is 4.39 Å². The van der Waals surface area contributed by atoms with E-state index in [1.807, 2.05) is 20.8 Å². The number of ketones is 1. The number of carbonyl (C=O) groups excluding carboxylic acids is 1. The van der Waals surface area contributed by atoms with Crippen LogP contribution in [0.15, 0.2) is 18.2 Å². The third-order valence-electron chi connectivity index (χ3n) is 3.01. The highest BCUT2D eigenvalue weighted by atomic mass is 19.1. The molecule has 0 aliphatic carbocycles. The summed E-state index contributed by atoms with van der Waals surface area (Å²) in [6, 6.07) is 4.66. The zero-order valence-corrected chi connectivity index (χ0v) is 9.73. The van der Waals surface area contributed by atoms with Crippen LogP contribution in [0.5, 0.6) is 0 Å². The molecule has 0 aliphatic heterocycles. The normalized spacial score (nSPS) is 11.5. The SMILES string of the molecule is CCC(C)(C)C(=O)c1cccc(F)c1C. The Bertz CT molecular complexity index is 380. The van der Waals surface area contributed by atoms with Crippen LogP contribution >= 0.6 is 0 Å². The highest BCUT2D eigenvalue weighted by molar-refractivity contribution is 6.01. The predicted molar refractivity (Wildman–Crippen MR) is 59.5 cm³/mol. The molecule has 0 bridgehead atoms. The van der Waals surface area contributed by atoms with Crippen LogP contribution in [0, 0.1) is 18.2 Å². The Balaban J connectivity index is 3.18. The van der Waals surface area contributed by atoms with Gasteiger partial charge in [0, 0.05) is 11.0 Å². The van der Waals surface area contributed by atoms with Gasteiger partial charge in [-0.25, -0.2) is 4.39 Å². The standard InChI is InChI=1S/C13H17FO/c1-5-13(3,4)12(15)10-7-6-8-11(14)9(10)2/h6-8H,5H2,1-4H3. The van der Waals surface area contributed by atoms with Crippen LogP contribution in [0.1, 0.15) is 43.1 Å². The average molecular weight is 208 g/mol. The van der Waals surface area contributed by atoms with Gasteiger partial charge in [0.1, 0.15) is 5.82 Å². The molecule has 0 aromatic heterocycles. The molecule has 0 amide bonds. The Hall–Kier alpha value is -1.18. The molecule has 2 heteroatoms. The zero-order valence-electron chi connectivity index (χ0n) is 9.73. The molecule has 0 unspecified atom stereocenters. The van der Waals surface area contributed by atoms with Crippen LogP contribution < -0.4 is 0 Å². The summed E-state index contributed by atoms with van der Waals surface area (Å²) < 4.78 is 13.3. The predicted octanol–water partition coefficient (Wildman–Crippen LogP) is 3.75. The molecule has 0 saturated heterocycles. The fourth-order valence-corrected chi connectivity index (χ4v) is 1.38. The molecule has 0 N–H and O–H groups in total. The van der Waals surface area contributed by atoms with E-state index in [0.717, 1.165) is 6.42 Å². The van der Waals surface area contributed by atoms with Gasteiger partial charge >= 0.3 is 0 Å². The summed E-state index contributed by atoms with van der Waals surface area (Å²) in [6.07, 6.45) is 0.752. The summed E-state index contributed by atoms with van der Waals surface area (Å²) in [7, 11) is 0. The van der Waals surface area contributed by atoms with Gasteiger partial charge in [-0.1, -0.05) is 32.9 Å². The lowest BCUT2D eigenvalue weighted by Gasteiger charge is -2.21. The fraction of sp³-hybridized carbons (Fsp3) is 0.462. The van der Waals surface area contributed by atoms with Crippen LogP contribution in [0.25, 0.3) is 0 Å². The van der Waals surface area contributed by atoms with Crippen molar-refractivity contribution >= 4 is 5.78 Å². The van der Waals surface area contributed by atoms with E-state index in [9.17, 15) is 9.18 Å². The van der Waals surface area contributed by atoms with Crippen LogP contribution in [-0.4, -0.2) is 5.78 Å². The van der Waals surface area contributed by atoms with Crippen molar-refractivity contribution in [2.24, 2.45) is 5.41 Å². The van der Waals surface area contributed by atoms with Crippen molar-refractivity contribution in [1.82, 2.24) is 0 Å². The quantitative estimate of drug-likeness (QED) is 0.691. The maximum Gasteiger partial charge on any atom is 0.168 e. The lowest BCUT2D eigenvalue weighted by Crippen LogP contribution is -2.24. The zero-order chi connectivity index (χ0) is 11.6. The van der Waals surface area contributed by atoms with Gasteiger partial charge in [-0.15, -0.1) is 0 Å². The summed E-state index contributed by atoms with van der Waals surface area (Å²) in [5.41, 5.74) is 0.532. The molecule has 0 heterocycles. The van der Waals surface area contributed by atoms with Crippen LogP contribution in [0.3, 0.4) is 0 Å². The van der Waals surface area contributed by atoms with Crippen molar-refractivity contribution in [3.05, 3.63) is 35.1 Å². The fourth-order valence-electron chi connectivity index (χ4n) is 1.38. The summed E-state index contributed by atoms with van der Waals surface area (Å²) in [5.74, 6) is -0.297. The molecule has 15 heavy (non-hydrogen) atoms. The molecule has 1 rings (SSSR count). The van der Waals surface area contributed by atoms with E-state index in [-0.39, 0.29) is 11.6 Å². The van der Waals surface area contributed by atoms with Crippen molar-refractivity contribution in [1.29, 1.82) is 0 Å². The number of halogens is 1. The van der Waals surface area contributed by atoms with E-state index in [2.05, 4.69) is 0 Å². The van der Waals surface area contributed by atoms with Crippen LogP contribution in [0.2, 0.25) is 0 Å². The molecule has 0 atom stereocenters. The molecule has 0 aliphatic rings. The minimum atomic E-state index is -0.418. The number of Topliss-reactive ketones (excluding diaryl/α,β-unsaturated/α-hetero) is 1. The van der Waals surface area contributed by atoms with Gasteiger partial charge in [-0.2, -0.15) is 0 Å². The minimum absolute atomic E-state index is 0.0157. The van der Waals surface area contributed by atoms with E-state index >= 15 is 0 Å². The van der Waals surface area contributed by atoms with E-state index < -0.39 is 5.41 Å². The molecule has 82 valence electrons. The largest absolute Gasteiger partial charge is 0.294 e. The van der Waals surface area contributed by atoms with E-state index in [1.165, 1.54) is 6.07 Å². The first kappa shape index (κ1) is 11.9. The number of rotatable bonds is 3. The Labute approximate surface area is 90.3 Å². The van der Waals surface area contributed by atoms with Crippen molar-refractivity contribution in [3.8, 4) is 0 Å². The Kier molecular flexibility index (Phi) is 3.28. The molecule has 1 nitrogen and oxygen atoms in total. The first-order valence-corrected chi connectivity index (χ1v) is 5.20. The van der Waals surface area contributed by atoms with Gasteiger partial charge in [0.05, 0.1) is 0 Å². The number of hydrogen-bond acceptors (Lipinski definition) is 1. The van der Waals surface area contributed by atoms with Gasteiger partial charge in [-0.3, -0.25) is 4.79 Å². The van der Waals surface area contributed by atoms with Crippen molar-refractivity contribution in [2.45, 2.75) is 34.1 Å². The van der Waals surface area contributed by atoms with Gasteiger partial charge in [-0.05, 0) is 25.0 Å². The monoisotopic (exact) mass is 208 g/mol. The Morgan fingerprint density at radius 2 is 2.00 bits per heavy atom. The highest BCUT2D eigenvalue weighted by Crippen LogP contribution is 2.27. The van der Waals surface area contributed by atoms with Gasteiger partial charge in [0.15, 0.2) is 5.78 Å². The van der Waals surface area contributed by atoms with E-state index in [0.29, 0.717) is 11.1 Å². The number of hydrogen-bond donors (Lipinski definition) is 0. The third kappa shape index (κ3) is 2.25. The summed E-state index contributed by atoms with van der Waals surface area (Å²) in [5, 5.41) is 0. The van der Waals surface area contributed by atoms with Crippen LogP contribution in [-0.2, 0) is 0 Å². The maximum atomic E-state index is 13.3. The second-order valence-corrected chi connectivity index (χ2v) is 4.48. The summed E-state index contributed by atoms with van der Waals surface area (Å²) in [4.78, 5) is 12.1. The third-order valence-corrected chi connectivity index (χ3v) is 3.01. The number of benzene rings is 1. The molecule has 0 saturated carbocycles. The summed E-state index contributed by atoms with van der Waals surface area (Å²) in [6.45, 7) is 7.39. The van der Waals surface area contributed by atoms with E-state index in [4.69, 9.17) is 0 Å². The second-order valence-electron chi connectivity index (χ2n) is 4.48. The first-order chi connectivity index (χ1) is 6.90. The lowest BCUT2D eigenvalue weighted by atomic mass is 9.81. The average Bonchev–Trinajstić information content (AvgIpc) is 2.21. The Morgan fingerprint density at radius 3 is 2.53 bits per heavy atom. The maximum absolute atomic E-state index is 13.3. The molecule has 1 aromatic rings. The Morgan fingerprint density at radius 1 is 1.40 bits per heavy atom. The van der Waals surface area contributed by atoms with Gasteiger partial charge in [0.2, 0.25) is 0 Å². The lowest BCUT2D eigenvalue weighted by molar-refractivity contribution is 0.0832. The van der Waals surface area contributed by atoms with Gasteiger partial charge in [0.25, 0.3) is 0 Å². The van der Waals surface area contributed by atoms with Crippen molar-refractivity contribution in [2.75, 3.05) is 0 Å². The summed E-state index contributed by atoms with van der Waals surface area (Å²) >= 11 is 0. The molecule has 0 fully saturated rings. The molecule has 1 aromatic carbocycles. The highest BCUT2D eigenvalue weighted by Gasteiger charge is 2.27. The van der Waals surface area contributed by atoms with E-state index in [1.54, 1.807) is 19.1 Å².